The molecule has 6 nitrogen and oxygen atoms in total. The second-order valence-electron chi connectivity index (χ2n) is 6.38. The molecule has 27 heavy (non-hydrogen) atoms. The van der Waals surface area contributed by atoms with E-state index in [0.29, 0.717) is 22.7 Å². The van der Waals surface area contributed by atoms with Gasteiger partial charge in [0.25, 0.3) is 0 Å². The number of nitrogens with zero attached hydrogens (tertiary/aromatic N) is 3. The highest BCUT2D eigenvalue weighted by atomic mass is 16.5. The molecule has 0 unspecified atom stereocenters. The molecule has 4 rings (SSSR count). The second-order valence-corrected chi connectivity index (χ2v) is 6.38. The third-order valence-corrected chi connectivity index (χ3v) is 4.36. The van der Waals surface area contributed by atoms with Crippen LogP contribution in [0.3, 0.4) is 0 Å². The maximum Gasteiger partial charge on any atom is 0.345 e. The van der Waals surface area contributed by atoms with Crippen LogP contribution in [0.1, 0.15) is 21.5 Å². The van der Waals surface area contributed by atoms with Crippen molar-refractivity contribution < 1.29 is 9.53 Å². The molecule has 0 radical (unpaired) electrons. The van der Waals surface area contributed by atoms with Crippen LogP contribution in [0.2, 0.25) is 0 Å². The minimum atomic E-state index is -0.516. The van der Waals surface area contributed by atoms with Crippen molar-refractivity contribution in [3.8, 4) is 11.4 Å². The minimum absolute atomic E-state index is 0.333. The molecule has 0 saturated heterocycles. The number of carbonyl (C=O) groups excluding carboxylic acids is 1. The molecule has 0 aliphatic heterocycles. The number of hydrogen-bond acceptors (Lipinski definition) is 5. The van der Waals surface area contributed by atoms with Gasteiger partial charge in [-0.2, -0.15) is 0 Å². The van der Waals surface area contributed by atoms with Crippen molar-refractivity contribution in [2.24, 2.45) is 0 Å². The van der Waals surface area contributed by atoms with Crippen LogP contribution in [0.25, 0.3) is 16.7 Å². The fraction of sp³-hybridized carbons (Fsp3) is 0.0952. The first kappa shape index (κ1) is 16.8. The summed E-state index contributed by atoms with van der Waals surface area (Å²) in [6.07, 6.45) is 0. The van der Waals surface area contributed by atoms with Gasteiger partial charge < -0.3 is 10.5 Å². The molecule has 1 heterocycles. The summed E-state index contributed by atoms with van der Waals surface area (Å²) in [7, 11) is 0. The molecule has 1 aromatic heterocycles. The van der Waals surface area contributed by atoms with Crippen LogP contribution in [0.15, 0.2) is 60.7 Å². The lowest BCUT2D eigenvalue weighted by Crippen LogP contribution is -2.14. The predicted molar refractivity (Wildman–Crippen MR) is 104 cm³/mol. The molecule has 0 atom stereocenters. The minimum Gasteiger partial charge on any atom is -0.420 e. The van der Waals surface area contributed by atoms with Crippen molar-refractivity contribution in [1.82, 2.24) is 15.0 Å². The van der Waals surface area contributed by atoms with Crippen molar-refractivity contribution in [3.05, 3.63) is 77.4 Å². The van der Waals surface area contributed by atoms with Gasteiger partial charge in [-0.05, 0) is 55.3 Å². The third-order valence-electron chi connectivity index (χ3n) is 4.36. The van der Waals surface area contributed by atoms with E-state index in [1.54, 1.807) is 18.2 Å². The SMILES string of the molecule is Cc1ccc(OC(=O)c2cccc(C)c2N)c(-n2nc3ccccc3n2)c1. The Morgan fingerprint density at radius 1 is 0.963 bits per heavy atom. The number of nitrogen functional groups attached to an aromatic ring is 1. The van der Waals surface area contributed by atoms with Crippen molar-refractivity contribution in [2.75, 3.05) is 5.73 Å². The number of ether oxygens (including phenoxy) is 1. The van der Waals surface area contributed by atoms with E-state index in [1.165, 1.54) is 4.80 Å². The Kier molecular flexibility index (Phi) is 4.08. The third kappa shape index (κ3) is 3.13. The zero-order valence-electron chi connectivity index (χ0n) is 15.0. The van der Waals surface area contributed by atoms with E-state index in [-0.39, 0.29) is 0 Å². The Labute approximate surface area is 156 Å². The van der Waals surface area contributed by atoms with E-state index in [4.69, 9.17) is 10.5 Å². The number of fused-ring (bicyclic) bond motifs is 1. The van der Waals surface area contributed by atoms with Crippen molar-refractivity contribution >= 4 is 22.7 Å². The lowest BCUT2D eigenvalue weighted by Gasteiger charge is -2.12. The summed E-state index contributed by atoms with van der Waals surface area (Å²) in [5.41, 5.74) is 10.7. The molecule has 134 valence electrons. The van der Waals surface area contributed by atoms with Crippen LogP contribution in [-0.2, 0) is 0 Å². The first-order valence-electron chi connectivity index (χ1n) is 8.53. The summed E-state index contributed by atoms with van der Waals surface area (Å²) in [5, 5.41) is 8.97. The number of carbonyl (C=O) groups is 1. The normalized spacial score (nSPS) is 10.9. The molecule has 0 fully saturated rings. The molecule has 0 amide bonds. The van der Waals surface area contributed by atoms with Gasteiger partial charge in [-0.3, -0.25) is 0 Å². The smallest absolute Gasteiger partial charge is 0.345 e. The van der Waals surface area contributed by atoms with Gasteiger partial charge in [0.1, 0.15) is 16.7 Å². The van der Waals surface area contributed by atoms with Crippen molar-refractivity contribution in [1.29, 1.82) is 0 Å². The molecular formula is C21H18N4O2. The summed E-state index contributed by atoms with van der Waals surface area (Å²) in [6, 6.07) is 18.3. The van der Waals surface area contributed by atoms with Gasteiger partial charge in [-0.25, -0.2) is 4.79 Å². The molecular weight excluding hydrogens is 340 g/mol. The molecule has 0 saturated carbocycles. The number of hydrogen-bond donors (Lipinski definition) is 1. The Hall–Kier alpha value is -3.67. The number of esters is 1. The van der Waals surface area contributed by atoms with Gasteiger partial charge >= 0.3 is 5.97 Å². The van der Waals surface area contributed by atoms with Crippen LogP contribution in [0.4, 0.5) is 5.69 Å². The molecule has 0 aliphatic rings. The van der Waals surface area contributed by atoms with Gasteiger partial charge in [-0.1, -0.05) is 30.3 Å². The zero-order chi connectivity index (χ0) is 19.0. The average molecular weight is 358 g/mol. The highest BCUT2D eigenvalue weighted by Crippen LogP contribution is 2.26. The highest BCUT2D eigenvalue weighted by molar-refractivity contribution is 5.97. The summed E-state index contributed by atoms with van der Waals surface area (Å²) >= 11 is 0. The molecule has 2 N–H and O–H groups in total. The number of nitrogens with two attached hydrogens (primary N) is 1. The Morgan fingerprint density at radius 2 is 1.67 bits per heavy atom. The first-order valence-corrected chi connectivity index (χ1v) is 8.53. The molecule has 4 aromatic rings. The lowest BCUT2D eigenvalue weighted by atomic mass is 10.1. The van der Waals surface area contributed by atoms with Crippen LogP contribution < -0.4 is 10.5 Å². The average Bonchev–Trinajstić information content (AvgIpc) is 3.09. The highest BCUT2D eigenvalue weighted by Gasteiger charge is 2.17. The van der Waals surface area contributed by atoms with Gasteiger partial charge in [0.15, 0.2) is 5.75 Å². The number of aryl methyl sites for hydroxylation is 2. The summed E-state index contributed by atoms with van der Waals surface area (Å²) in [6.45, 7) is 3.81. The molecule has 6 heteroatoms. The number of para-hydroxylation sites is 1. The van der Waals surface area contributed by atoms with Crippen LogP contribution >= 0.6 is 0 Å². The largest absolute Gasteiger partial charge is 0.420 e. The van der Waals surface area contributed by atoms with Crippen LogP contribution in [0.5, 0.6) is 5.75 Å². The number of anilines is 1. The molecule has 3 aromatic carbocycles. The summed E-state index contributed by atoms with van der Waals surface area (Å²) in [4.78, 5) is 14.2. The monoisotopic (exact) mass is 358 g/mol. The van der Waals surface area contributed by atoms with Gasteiger partial charge in [-0.15, -0.1) is 15.0 Å². The van der Waals surface area contributed by atoms with E-state index in [0.717, 1.165) is 22.2 Å². The van der Waals surface area contributed by atoms with Crippen LogP contribution in [-0.4, -0.2) is 21.0 Å². The Balaban J connectivity index is 1.75. The molecule has 0 bridgehead atoms. The summed E-state index contributed by atoms with van der Waals surface area (Å²) < 4.78 is 5.65. The number of benzene rings is 3. The van der Waals surface area contributed by atoms with E-state index < -0.39 is 5.97 Å². The van der Waals surface area contributed by atoms with E-state index in [2.05, 4.69) is 10.2 Å². The van der Waals surface area contributed by atoms with Crippen molar-refractivity contribution in [2.45, 2.75) is 13.8 Å². The Morgan fingerprint density at radius 3 is 2.37 bits per heavy atom. The Bertz CT molecular complexity index is 1130. The maximum absolute atomic E-state index is 12.7. The topological polar surface area (TPSA) is 83.0 Å². The zero-order valence-corrected chi connectivity index (χ0v) is 15.0. The van der Waals surface area contributed by atoms with Gasteiger partial charge in [0, 0.05) is 5.69 Å². The quantitative estimate of drug-likeness (QED) is 0.342. The standard InChI is InChI=1S/C21H18N4O2/c1-13-10-11-19(27-21(26)15-7-5-6-14(2)20(15)22)18(12-13)25-23-16-8-3-4-9-17(16)24-25/h3-12H,22H2,1-2H3. The summed E-state index contributed by atoms with van der Waals surface area (Å²) in [5.74, 6) is -0.148. The predicted octanol–water partition coefficient (Wildman–Crippen LogP) is 3.84. The molecule has 0 spiro atoms. The fourth-order valence-electron chi connectivity index (χ4n) is 2.85. The number of rotatable bonds is 3. The van der Waals surface area contributed by atoms with Gasteiger partial charge in [0.2, 0.25) is 0 Å². The van der Waals surface area contributed by atoms with Crippen LogP contribution in [0, 0.1) is 13.8 Å². The second kappa shape index (κ2) is 6.57. The van der Waals surface area contributed by atoms with E-state index in [9.17, 15) is 4.79 Å². The maximum atomic E-state index is 12.7. The van der Waals surface area contributed by atoms with E-state index in [1.807, 2.05) is 56.3 Å². The van der Waals surface area contributed by atoms with E-state index >= 15 is 0 Å². The number of aromatic nitrogens is 3. The lowest BCUT2D eigenvalue weighted by molar-refractivity contribution is 0.0735. The first-order chi connectivity index (χ1) is 13.0. The van der Waals surface area contributed by atoms with Crippen molar-refractivity contribution in [3.63, 3.8) is 0 Å². The van der Waals surface area contributed by atoms with Gasteiger partial charge in [0.05, 0.1) is 5.56 Å². The molecule has 0 aliphatic carbocycles. The fourth-order valence-corrected chi connectivity index (χ4v) is 2.85.